The summed E-state index contributed by atoms with van der Waals surface area (Å²) in [4.78, 5) is 13.0. The first kappa shape index (κ1) is 12.3. The number of nitrogen functional groups attached to an aromatic ring is 1. The number of pyridine rings is 1. The van der Waals surface area contributed by atoms with E-state index < -0.39 is 0 Å². The zero-order valence-electron chi connectivity index (χ0n) is 10.6. The van der Waals surface area contributed by atoms with E-state index in [0.29, 0.717) is 23.2 Å². The van der Waals surface area contributed by atoms with Gasteiger partial charge in [-0.15, -0.1) is 0 Å². The molecular formula is C13H16N4O. The Morgan fingerprint density at radius 1 is 1.22 bits per heavy atom. The normalized spacial score (nSPS) is 10.3. The Morgan fingerprint density at radius 3 is 2.78 bits per heavy atom. The highest BCUT2D eigenvalue weighted by Gasteiger charge is 2.07. The number of anilines is 1. The minimum absolute atomic E-state index is 0.466. The second-order valence-electron chi connectivity index (χ2n) is 3.92. The summed E-state index contributed by atoms with van der Waals surface area (Å²) in [6.07, 6.45) is 1.89. The van der Waals surface area contributed by atoms with Crippen molar-refractivity contribution in [2.75, 3.05) is 12.8 Å². The van der Waals surface area contributed by atoms with Gasteiger partial charge in [0.2, 0.25) is 5.88 Å². The van der Waals surface area contributed by atoms with Crippen LogP contribution in [-0.2, 0) is 6.42 Å². The predicted molar refractivity (Wildman–Crippen MR) is 70.2 cm³/mol. The lowest BCUT2D eigenvalue weighted by molar-refractivity contribution is 0.398. The molecule has 0 spiro atoms. The molecule has 0 aliphatic rings. The van der Waals surface area contributed by atoms with E-state index >= 15 is 0 Å². The van der Waals surface area contributed by atoms with E-state index in [1.807, 2.05) is 12.1 Å². The molecule has 5 heteroatoms. The fourth-order valence-electron chi connectivity index (χ4n) is 1.67. The van der Waals surface area contributed by atoms with Crippen LogP contribution in [0.3, 0.4) is 0 Å². The van der Waals surface area contributed by atoms with E-state index in [9.17, 15) is 0 Å². The number of aryl methyl sites for hydroxylation is 1. The quantitative estimate of drug-likeness (QED) is 0.891. The SMILES string of the molecule is CCCc1cc(N)nc(-c2cccc(OC)n2)n1. The van der Waals surface area contributed by atoms with Gasteiger partial charge in [0.1, 0.15) is 11.5 Å². The molecule has 0 radical (unpaired) electrons. The van der Waals surface area contributed by atoms with Crippen LogP contribution in [0, 0.1) is 0 Å². The Morgan fingerprint density at radius 2 is 2.06 bits per heavy atom. The number of nitrogens with two attached hydrogens (primary N) is 1. The van der Waals surface area contributed by atoms with E-state index in [2.05, 4.69) is 21.9 Å². The molecule has 0 aromatic carbocycles. The molecule has 0 aliphatic heterocycles. The average Bonchev–Trinajstić information content (AvgIpc) is 2.38. The molecule has 2 aromatic heterocycles. The van der Waals surface area contributed by atoms with Gasteiger partial charge in [0.15, 0.2) is 5.82 Å². The lowest BCUT2D eigenvalue weighted by Gasteiger charge is -2.05. The highest BCUT2D eigenvalue weighted by molar-refractivity contribution is 5.52. The summed E-state index contributed by atoms with van der Waals surface area (Å²) in [6, 6.07) is 7.27. The molecule has 0 saturated carbocycles. The van der Waals surface area contributed by atoms with E-state index in [4.69, 9.17) is 10.5 Å². The third-order valence-corrected chi connectivity index (χ3v) is 2.47. The highest BCUT2D eigenvalue weighted by atomic mass is 16.5. The summed E-state index contributed by atoms with van der Waals surface area (Å²) in [7, 11) is 1.58. The molecule has 2 heterocycles. The van der Waals surface area contributed by atoms with Crippen molar-refractivity contribution >= 4 is 5.82 Å². The van der Waals surface area contributed by atoms with Crippen LogP contribution in [0.15, 0.2) is 24.3 Å². The van der Waals surface area contributed by atoms with Crippen molar-refractivity contribution in [2.24, 2.45) is 0 Å². The zero-order valence-corrected chi connectivity index (χ0v) is 10.6. The van der Waals surface area contributed by atoms with E-state index in [1.54, 1.807) is 19.2 Å². The molecule has 94 valence electrons. The van der Waals surface area contributed by atoms with Crippen LogP contribution in [0.1, 0.15) is 19.0 Å². The van der Waals surface area contributed by atoms with Gasteiger partial charge in [-0.1, -0.05) is 19.4 Å². The lowest BCUT2D eigenvalue weighted by atomic mass is 10.2. The van der Waals surface area contributed by atoms with Crippen LogP contribution in [0.5, 0.6) is 5.88 Å². The standard InChI is InChI=1S/C13H16N4O/c1-3-5-9-8-11(14)17-13(15-9)10-6-4-7-12(16-10)18-2/h4,6-8H,3,5H2,1-2H3,(H2,14,15,17). The smallest absolute Gasteiger partial charge is 0.213 e. The first-order valence-electron chi connectivity index (χ1n) is 5.87. The Hall–Kier alpha value is -2.17. The van der Waals surface area contributed by atoms with Gasteiger partial charge in [0.05, 0.1) is 7.11 Å². The predicted octanol–water partition coefficient (Wildman–Crippen LogP) is 2.08. The molecule has 2 aromatic rings. The number of hydrogen-bond acceptors (Lipinski definition) is 5. The Bertz CT molecular complexity index is 542. The number of rotatable bonds is 4. The first-order valence-corrected chi connectivity index (χ1v) is 5.87. The zero-order chi connectivity index (χ0) is 13.0. The molecule has 0 bridgehead atoms. The number of nitrogens with zero attached hydrogens (tertiary/aromatic N) is 3. The molecule has 18 heavy (non-hydrogen) atoms. The van der Waals surface area contributed by atoms with Gasteiger partial charge in [-0.25, -0.2) is 15.0 Å². The van der Waals surface area contributed by atoms with Crippen molar-refractivity contribution in [2.45, 2.75) is 19.8 Å². The topological polar surface area (TPSA) is 73.9 Å². The Balaban J connectivity index is 2.42. The molecule has 2 N–H and O–H groups in total. The van der Waals surface area contributed by atoms with Gasteiger partial charge in [0.25, 0.3) is 0 Å². The fraction of sp³-hybridized carbons (Fsp3) is 0.308. The third kappa shape index (κ3) is 2.74. The Kier molecular flexibility index (Phi) is 3.72. The number of hydrogen-bond donors (Lipinski definition) is 1. The third-order valence-electron chi connectivity index (χ3n) is 2.47. The summed E-state index contributed by atoms with van der Waals surface area (Å²) in [5.41, 5.74) is 7.39. The molecule has 2 rings (SSSR count). The van der Waals surface area contributed by atoms with E-state index in [-0.39, 0.29) is 0 Å². The molecule has 0 atom stereocenters. The van der Waals surface area contributed by atoms with Gasteiger partial charge < -0.3 is 10.5 Å². The summed E-state index contributed by atoms with van der Waals surface area (Å²) < 4.78 is 5.09. The monoisotopic (exact) mass is 244 g/mol. The largest absolute Gasteiger partial charge is 0.481 e. The van der Waals surface area contributed by atoms with Crippen molar-refractivity contribution in [1.29, 1.82) is 0 Å². The van der Waals surface area contributed by atoms with Crippen molar-refractivity contribution in [3.05, 3.63) is 30.0 Å². The van der Waals surface area contributed by atoms with Gasteiger partial charge in [0, 0.05) is 17.8 Å². The number of aromatic nitrogens is 3. The van der Waals surface area contributed by atoms with Gasteiger partial charge in [-0.05, 0) is 12.5 Å². The molecule has 5 nitrogen and oxygen atoms in total. The van der Waals surface area contributed by atoms with Crippen LogP contribution in [-0.4, -0.2) is 22.1 Å². The van der Waals surface area contributed by atoms with Gasteiger partial charge in [-0.3, -0.25) is 0 Å². The van der Waals surface area contributed by atoms with Crippen molar-refractivity contribution in [3.8, 4) is 17.4 Å². The van der Waals surface area contributed by atoms with Gasteiger partial charge >= 0.3 is 0 Å². The first-order chi connectivity index (χ1) is 8.72. The maximum Gasteiger partial charge on any atom is 0.213 e. The molecule has 0 aliphatic carbocycles. The summed E-state index contributed by atoms with van der Waals surface area (Å²) >= 11 is 0. The van der Waals surface area contributed by atoms with Gasteiger partial charge in [-0.2, -0.15) is 0 Å². The molecule has 0 saturated heterocycles. The second-order valence-corrected chi connectivity index (χ2v) is 3.92. The number of ether oxygens (including phenoxy) is 1. The molecule has 0 amide bonds. The summed E-state index contributed by atoms with van der Waals surface area (Å²) in [5.74, 6) is 1.54. The van der Waals surface area contributed by atoms with Crippen molar-refractivity contribution in [1.82, 2.24) is 15.0 Å². The van der Waals surface area contributed by atoms with Crippen LogP contribution in [0.4, 0.5) is 5.82 Å². The maximum atomic E-state index is 5.79. The van der Waals surface area contributed by atoms with E-state index in [0.717, 1.165) is 18.5 Å². The Labute approximate surface area is 106 Å². The second kappa shape index (κ2) is 5.44. The molecular weight excluding hydrogens is 228 g/mol. The summed E-state index contributed by atoms with van der Waals surface area (Å²) in [6.45, 7) is 2.10. The van der Waals surface area contributed by atoms with Crippen molar-refractivity contribution in [3.63, 3.8) is 0 Å². The average molecular weight is 244 g/mol. The van der Waals surface area contributed by atoms with E-state index in [1.165, 1.54) is 0 Å². The minimum atomic E-state index is 0.466. The van der Waals surface area contributed by atoms with Crippen LogP contribution < -0.4 is 10.5 Å². The molecule has 0 unspecified atom stereocenters. The fourth-order valence-corrected chi connectivity index (χ4v) is 1.67. The van der Waals surface area contributed by atoms with Crippen LogP contribution in [0.25, 0.3) is 11.5 Å². The molecule has 0 fully saturated rings. The van der Waals surface area contributed by atoms with Crippen LogP contribution >= 0.6 is 0 Å². The van der Waals surface area contributed by atoms with Crippen molar-refractivity contribution < 1.29 is 4.74 Å². The highest BCUT2D eigenvalue weighted by Crippen LogP contribution is 2.18. The lowest BCUT2D eigenvalue weighted by Crippen LogP contribution is -2.01. The number of methoxy groups -OCH3 is 1. The van der Waals surface area contributed by atoms with Crippen LogP contribution in [0.2, 0.25) is 0 Å². The maximum absolute atomic E-state index is 5.79. The minimum Gasteiger partial charge on any atom is -0.481 e. The summed E-state index contributed by atoms with van der Waals surface area (Å²) in [5, 5.41) is 0.